The Balaban J connectivity index is 1.13. The summed E-state index contributed by atoms with van der Waals surface area (Å²) in [6, 6.07) is 22.4. The smallest absolute Gasteiger partial charge is 0.224 e. The predicted molar refractivity (Wildman–Crippen MR) is 177 cm³/mol. The van der Waals surface area contributed by atoms with Gasteiger partial charge in [0.1, 0.15) is 5.01 Å². The van der Waals surface area contributed by atoms with Gasteiger partial charge in [0.15, 0.2) is 10.6 Å². The Morgan fingerprint density at radius 2 is 1.62 bits per heavy atom. The molecule has 1 aliphatic heterocycles. The highest BCUT2D eigenvalue weighted by Gasteiger charge is 2.32. The number of amides is 2. The maximum atomic E-state index is 12.6. The molecule has 236 valence electrons. The van der Waals surface area contributed by atoms with Crippen LogP contribution >= 0.6 is 23.1 Å². The van der Waals surface area contributed by atoms with E-state index in [2.05, 4.69) is 20.8 Å². The molecule has 0 aliphatic carbocycles. The Hall–Kier alpha value is -3.81. The van der Waals surface area contributed by atoms with Gasteiger partial charge in [-0.1, -0.05) is 71.6 Å². The number of para-hydroxylation sites is 2. The summed E-state index contributed by atoms with van der Waals surface area (Å²) >= 11 is 3.19. The van der Waals surface area contributed by atoms with Gasteiger partial charge in [0.2, 0.25) is 11.8 Å². The quantitative estimate of drug-likeness (QED) is 0.0735. The number of ether oxygens (including phenoxy) is 2. The molecular formula is C33H37N5O5S2. The summed E-state index contributed by atoms with van der Waals surface area (Å²) in [5.41, 5.74) is 10.4. The number of anilines is 3. The summed E-state index contributed by atoms with van der Waals surface area (Å²) in [5, 5.41) is 24.4. The first-order valence-electron chi connectivity index (χ1n) is 14.8. The number of unbranched alkanes of at least 4 members (excludes halogenated alkanes) is 1. The third-order valence-electron chi connectivity index (χ3n) is 7.27. The fraction of sp³-hybridized carbons (Fsp3) is 0.333. The van der Waals surface area contributed by atoms with E-state index in [1.807, 2.05) is 67.6 Å². The van der Waals surface area contributed by atoms with Crippen LogP contribution in [0.2, 0.25) is 0 Å². The number of hydrogen-bond donors (Lipinski definition) is 4. The van der Waals surface area contributed by atoms with Gasteiger partial charge in [-0.15, -0.1) is 10.2 Å². The minimum Gasteiger partial charge on any atom is -0.397 e. The third kappa shape index (κ3) is 9.59. The molecule has 0 spiro atoms. The van der Waals surface area contributed by atoms with Crippen LogP contribution in [-0.4, -0.2) is 39.0 Å². The molecule has 2 amide bonds. The fourth-order valence-electron chi connectivity index (χ4n) is 4.87. The van der Waals surface area contributed by atoms with Crippen molar-refractivity contribution in [2.75, 3.05) is 22.1 Å². The van der Waals surface area contributed by atoms with Crippen molar-refractivity contribution in [3.63, 3.8) is 0 Å². The summed E-state index contributed by atoms with van der Waals surface area (Å²) in [7, 11) is 0. The van der Waals surface area contributed by atoms with E-state index < -0.39 is 6.29 Å². The number of nitrogens with two attached hydrogens (primary N) is 1. The number of nitrogens with zero attached hydrogens (tertiary/aromatic N) is 2. The Morgan fingerprint density at radius 3 is 2.29 bits per heavy atom. The molecule has 10 nitrogen and oxygen atoms in total. The van der Waals surface area contributed by atoms with Crippen LogP contribution in [0.4, 0.5) is 17.1 Å². The summed E-state index contributed by atoms with van der Waals surface area (Å²) in [5.74, 6) is 0.461. The lowest BCUT2D eigenvalue weighted by atomic mass is 10.0. The number of carbonyl (C=O) groups excluding carboxylic acids is 2. The zero-order chi connectivity index (χ0) is 31.6. The predicted octanol–water partition coefficient (Wildman–Crippen LogP) is 6.40. The lowest BCUT2D eigenvalue weighted by molar-refractivity contribution is -0.245. The highest BCUT2D eigenvalue weighted by atomic mass is 32.2. The molecule has 12 heteroatoms. The van der Waals surface area contributed by atoms with E-state index in [0.717, 1.165) is 26.0 Å². The van der Waals surface area contributed by atoms with E-state index in [4.69, 9.17) is 15.2 Å². The highest BCUT2D eigenvalue weighted by molar-refractivity contribution is 8.01. The van der Waals surface area contributed by atoms with Crippen LogP contribution in [0.3, 0.4) is 0 Å². The van der Waals surface area contributed by atoms with E-state index in [9.17, 15) is 14.7 Å². The molecule has 1 fully saturated rings. The third-order valence-corrected chi connectivity index (χ3v) is 9.38. The molecule has 0 radical (unpaired) electrons. The Bertz CT molecular complexity index is 1560. The number of nitrogen functional groups attached to an aromatic ring is 1. The van der Waals surface area contributed by atoms with Crippen molar-refractivity contribution in [1.29, 1.82) is 0 Å². The van der Waals surface area contributed by atoms with Crippen molar-refractivity contribution in [2.45, 2.75) is 68.5 Å². The number of nitrogens with one attached hydrogen (secondary N) is 2. The summed E-state index contributed by atoms with van der Waals surface area (Å²) in [6.45, 7) is 1.93. The molecule has 45 heavy (non-hydrogen) atoms. The van der Waals surface area contributed by atoms with Gasteiger partial charge in [-0.3, -0.25) is 9.59 Å². The molecule has 1 aliphatic rings. The zero-order valence-corrected chi connectivity index (χ0v) is 26.6. The zero-order valence-electron chi connectivity index (χ0n) is 25.0. The van der Waals surface area contributed by atoms with Crippen molar-refractivity contribution in [2.24, 2.45) is 0 Å². The van der Waals surface area contributed by atoms with E-state index in [1.165, 1.54) is 0 Å². The molecule has 5 rings (SSSR count). The number of aliphatic hydroxyl groups is 1. The van der Waals surface area contributed by atoms with Crippen molar-refractivity contribution < 1.29 is 24.2 Å². The number of benzene rings is 3. The molecule has 2 heterocycles. The first-order valence-corrected chi connectivity index (χ1v) is 16.6. The van der Waals surface area contributed by atoms with E-state index in [-0.39, 0.29) is 30.6 Å². The second kappa shape index (κ2) is 16.0. The molecule has 1 aromatic heterocycles. The van der Waals surface area contributed by atoms with Gasteiger partial charge in [0.05, 0.1) is 30.2 Å². The largest absolute Gasteiger partial charge is 0.397 e. The molecular weight excluding hydrogens is 611 g/mol. The monoisotopic (exact) mass is 647 g/mol. The molecule has 3 aromatic carbocycles. The van der Waals surface area contributed by atoms with Crippen LogP contribution in [0, 0.1) is 6.92 Å². The van der Waals surface area contributed by atoms with Crippen LogP contribution in [0.5, 0.6) is 0 Å². The maximum Gasteiger partial charge on any atom is 0.224 e. The number of aromatic nitrogens is 2. The van der Waals surface area contributed by atoms with Crippen LogP contribution in [0.25, 0.3) is 0 Å². The minimum atomic E-state index is -0.592. The number of rotatable bonds is 13. The van der Waals surface area contributed by atoms with Gasteiger partial charge >= 0.3 is 0 Å². The summed E-state index contributed by atoms with van der Waals surface area (Å²) < 4.78 is 13.7. The average Bonchev–Trinajstić information content (AvgIpc) is 3.48. The second-order valence-electron chi connectivity index (χ2n) is 10.8. The molecule has 5 N–H and O–H groups in total. The molecule has 1 saturated heterocycles. The van der Waals surface area contributed by atoms with Gasteiger partial charge in [-0.25, -0.2) is 0 Å². The molecule has 4 aromatic rings. The summed E-state index contributed by atoms with van der Waals surface area (Å²) in [4.78, 5) is 24.8. The Morgan fingerprint density at radius 1 is 0.933 bits per heavy atom. The molecule has 0 unspecified atom stereocenters. The van der Waals surface area contributed by atoms with E-state index in [0.29, 0.717) is 54.9 Å². The Labute approximate surface area is 270 Å². The van der Waals surface area contributed by atoms with Crippen LogP contribution in [0.15, 0.2) is 77.1 Å². The fourth-order valence-corrected chi connectivity index (χ4v) is 6.72. The number of aryl methyl sites for hydroxylation is 1. The van der Waals surface area contributed by atoms with Crippen LogP contribution in [0.1, 0.15) is 66.2 Å². The van der Waals surface area contributed by atoms with Gasteiger partial charge in [0.25, 0.3) is 0 Å². The SMILES string of the molecule is Cc1nnc(SC[C@@H]2C[C@H](c3ccc(CO)cc3)O[C@H](c3ccc(NC(=O)CCCCC(=O)Nc4ccccc4N)cc3)O2)s1. The lowest BCUT2D eigenvalue weighted by Crippen LogP contribution is -2.31. The second-order valence-corrected chi connectivity index (χ2v) is 13.2. The van der Waals surface area contributed by atoms with Crippen LogP contribution < -0.4 is 16.4 Å². The molecule has 0 saturated carbocycles. The van der Waals surface area contributed by atoms with Gasteiger partial charge in [-0.05, 0) is 55.2 Å². The van der Waals surface area contributed by atoms with Crippen molar-refractivity contribution in [3.05, 3.63) is 94.5 Å². The molecule has 3 atom stereocenters. The van der Waals surface area contributed by atoms with Gasteiger partial charge in [0, 0.05) is 36.3 Å². The summed E-state index contributed by atoms with van der Waals surface area (Å²) in [6.07, 6.45) is 1.59. The molecule has 0 bridgehead atoms. The topological polar surface area (TPSA) is 149 Å². The normalized spacial score (nSPS) is 18.0. The number of carbonyl (C=O) groups is 2. The number of hydrogen-bond acceptors (Lipinski definition) is 10. The first-order chi connectivity index (χ1) is 21.9. The van der Waals surface area contributed by atoms with E-state index >= 15 is 0 Å². The number of aliphatic hydroxyl groups excluding tert-OH is 1. The standard InChI is InChI=1S/C33H37N5O5S2/c1-21-37-38-33(45-21)44-20-26-18-29(23-12-10-22(19-39)11-13-23)43-32(42-26)24-14-16-25(17-15-24)35-30(40)8-4-5-9-31(41)36-28-7-3-2-6-27(28)34/h2-3,6-7,10-17,26,29,32,39H,4-5,8-9,18-20,34H2,1H3,(H,35,40)(H,36,41)/t26-,29+,32+/m0/s1. The minimum absolute atomic E-state index is 0.0111. The van der Waals surface area contributed by atoms with E-state index in [1.54, 1.807) is 35.2 Å². The maximum absolute atomic E-state index is 12.6. The van der Waals surface area contributed by atoms with Crippen molar-refractivity contribution in [1.82, 2.24) is 10.2 Å². The number of thioether (sulfide) groups is 1. The first kappa shape index (κ1) is 32.6. The Kier molecular flexibility index (Phi) is 11.6. The van der Waals surface area contributed by atoms with Gasteiger partial charge in [-0.2, -0.15) is 0 Å². The highest BCUT2D eigenvalue weighted by Crippen LogP contribution is 2.40. The average molecular weight is 648 g/mol. The van der Waals surface area contributed by atoms with Crippen molar-refractivity contribution >= 4 is 52.0 Å². The van der Waals surface area contributed by atoms with Gasteiger partial charge < -0.3 is 30.9 Å². The lowest BCUT2D eigenvalue weighted by Gasteiger charge is -2.36. The van der Waals surface area contributed by atoms with Crippen molar-refractivity contribution in [3.8, 4) is 0 Å². The van der Waals surface area contributed by atoms with Crippen LogP contribution in [-0.2, 0) is 25.7 Å².